The van der Waals surface area contributed by atoms with Gasteiger partial charge < -0.3 is 15.6 Å². The van der Waals surface area contributed by atoms with Gasteiger partial charge >= 0.3 is 0 Å². The molecule has 0 aliphatic heterocycles. The van der Waals surface area contributed by atoms with E-state index in [1.54, 1.807) is 0 Å². The lowest BCUT2D eigenvalue weighted by Crippen LogP contribution is -2.38. The van der Waals surface area contributed by atoms with E-state index in [1.807, 2.05) is 50.2 Å². The Balaban J connectivity index is 1.78. The Labute approximate surface area is 131 Å². The Hall–Kier alpha value is -2.07. The topological polar surface area (TPSA) is 60.1 Å². The molecular weight excluding hydrogens is 274 g/mol. The van der Waals surface area contributed by atoms with E-state index in [0.717, 1.165) is 22.6 Å². The van der Waals surface area contributed by atoms with E-state index in [9.17, 15) is 4.79 Å². The zero-order valence-corrected chi connectivity index (χ0v) is 13.2. The minimum Gasteiger partial charge on any atom is -0.350 e. The van der Waals surface area contributed by atoms with E-state index in [0.29, 0.717) is 12.5 Å². The Morgan fingerprint density at radius 3 is 2.64 bits per heavy atom. The molecule has 1 aliphatic carbocycles. The average molecular weight is 297 g/mol. The van der Waals surface area contributed by atoms with Crippen molar-refractivity contribution >= 4 is 5.91 Å². The first-order valence-corrected chi connectivity index (χ1v) is 7.86. The van der Waals surface area contributed by atoms with Crippen molar-refractivity contribution in [2.45, 2.75) is 32.7 Å². The number of hydrogen-bond donors (Lipinski definition) is 2. The summed E-state index contributed by atoms with van der Waals surface area (Å²) in [5.41, 5.74) is 9.87. The summed E-state index contributed by atoms with van der Waals surface area (Å²) >= 11 is 0. The highest BCUT2D eigenvalue weighted by Crippen LogP contribution is 2.31. The molecule has 0 saturated heterocycles. The predicted octanol–water partition coefficient (Wildman–Crippen LogP) is 2.56. The summed E-state index contributed by atoms with van der Waals surface area (Å²) in [4.78, 5) is 12.4. The molecule has 1 saturated carbocycles. The van der Waals surface area contributed by atoms with Gasteiger partial charge in [0.15, 0.2) is 0 Å². The fourth-order valence-electron chi connectivity index (χ4n) is 2.96. The van der Waals surface area contributed by atoms with Crippen LogP contribution < -0.4 is 11.1 Å². The van der Waals surface area contributed by atoms with Crippen LogP contribution in [0.15, 0.2) is 36.4 Å². The summed E-state index contributed by atoms with van der Waals surface area (Å²) in [6, 6.07) is 12.1. The Morgan fingerprint density at radius 1 is 1.32 bits per heavy atom. The third-order valence-electron chi connectivity index (χ3n) is 4.42. The van der Waals surface area contributed by atoms with Crippen molar-refractivity contribution in [3.05, 3.63) is 53.3 Å². The van der Waals surface area contributed by atoms with Gasteiger partial charge in [-0.25, -0.2) is 0 Å². The van der Waals surface area contributed by atoms with Crippen LogP contribution in [-0.2, 0) is 0 Å². The molecule has 116 valence electrons. The second kappa shape index (κ2) is 5.97. The molecule has 1 atom stereocenters. The lowest BCUT2D eigenvalue weighted by atomic mass is 10.2. The first kappa shape index (κ1) is 14.9. The molecule has 22 heavy (non-hydrogen) atoms. The highest BCUT2D eigenvalue weighted by Gasteiger charge is 2.28. The van der Waals surface area contributed by atoms with E-state index in [2.05, 4.69) is 9.88 Å². The van der Waals surface area contributed by atoms with Crippen molar-refractivity contribution in [3.8, 4) is 5.69 Å². The SMILES string of the molecule is Cc1cc(C(=O)NCC(N)C2CC2)c(C)n1-c1ccccc1. The second-order valence-corrected chi connectivity index (χ2v) is 6.17. The number of aryl methyl sites for hydroxylation is 1. The molecule has 1 aliphatic rings. The summed E-state index contributed by atoms with van der Waals surface area (Å²) in [5.74, 6) is 0.559. The van der Waals surface area contributed by atoms with Crippen molar-refractivity contribution < 1.29 is 4.79 Å². The maximum atomic E-state index is 12.4. The molecule has 0 bridgehead atoms. The number of aromatic nitrogens is 1. The Kier molecular flexibility index (Phi) is 4.03. The van der Waals surface area contributed by atoms with Gasteiger partial charge in [0.2, 0.25) is 0 Å². The maximum absolute atomic E-state index is 12.4. The monoisotopic (exact) mass is 297 g/mol. The minimum absolute atomic E-state index is 0.0358. The fraction of sp³-hybridized carbons (Fsp3) is 0.389. The summed E-state index contributed by atoms with van der Waals surface area (Å²) in [6.07, 6.45) is 2.39. The van der Waals surface area contributed by atoms with E-state index in [-0.39, 0.29) is 11.9 Å². The summed E-state index contributed by atoms with van der Waals surface area (Å²) in [7, 11) is 0. The van der Waals surface area contributed by atoms with Crippen molar-refractivity contribution in [3.63, 3.8) is 0 Å². The van der Waals surface area contributed by atoms with Crippen LogP contribution in [0.25, 0.3) is 5.69 Å². The van der Waals surface area contributed by atoms with Crippen molar-refractivity contribution in [2.75, 3.05) is 6.54 Å². The van der Waals surface area contributed by atoms with Gasteiger partial charge in [-0.15, -0.1) is 0 Å². The van der Waals surface area contributed by atoms with Crippen LogP contribution in [0.2, 0.25) is 0 Å². The van der Waals surface area contributed by atoms with E-state index < -0.39 is 0 Å². The summed E-state index contributed by atoms with van der Waals surface area (Å²) in [6.45, 7) is 4.56. The molecule has 0 radical (unpaired) electrons. The molecule has 1 heterocycles. The third kappa shape index (κ3) is 2.92. The van der Waals surface area contributed by atoms with Gasteiger partial charge in [-0.2, -0.15) is 0 Å². The van der Waals surface area contributed by atoms with E-state index in [4.69, 9.17) is 5.73 Å². The molecular formula is C18H23N3O. The Bertz CT molecular complexity index is 671. The number of amides is 1. The molecule has 1 amide bonds. The van der Waals surface area contributed by atoms with Gasteiger partial charge in [0.05, 0.1) is 5.56 Å². The maximum Gasteiger partial charge on any atom is 0.253 e. The highest BCUT2D eigenvalue weighted by atomic mass is 16.1. The largest absolute Gasteiger partial charge is 0.350 e. The Morgan fingerprint density at radius 2 is 2.00 bits per heavy atom. The zero-order valence-electron chi connectivity index (χ0n) is 13.2. The van der Waals surface area contributed by atoms with Crippen molar-refractivity contribution in [1.82, 2.24) is 9.88 Å². The number of nitrogens with one attached hydrogen (secondary N) is 1. The van der Waals surface area contributed by atoms with E-state index >= 15 is 0 Å². The average Bonchev–Trinajstić information content (AvgIpc) is 3.32. The second-order valence-electron chi connectivity index (χ2n) is 6.17. The number of carbonyl (C=O) groups excluding carboxylic acids is 1. The summed E-state index contributed by atoms with van der Waals surface area (Å²) < 4.78 is 2.11. The smallest absolute Gasteiger partial charge is 0.253 e. The van der Waals surface area contributed by atoms with Gasteiger partial charge in [-0.05, 0) is 50.8 Å². The lowest BCUT2D eigenvalue weighted by molar-refractivity contribution is 0.0949. The third-order valence-corrected chi connectivity index (χ3v) is 4.42. The number of carbonyl (C=O) groups is 1. The minimum atomic E-state index is -0.0358. The van der Waals surface area contributed by atoms with Crippen LogP contribution in [0.5, 0.6) is 0 Å². The molecule has 3 N–H and O–H groups in total. The molecule has 1 fully saturated rings. The van der Waals surface area contributed by atoms with Crippen LogP contribution >= 0.6 is 0 Å². The number of nitrogens with zero attached hydrogens (tertiary/aromatic N) is 1. The molecule has 1 unspecified atom stereocenters. The summed E-state index contributed by atoms with van der Waals surface area (Å²) in [5, 5.41) is 2.98. The molecule has 0 spiro atoms. The van der Waals surface area contributed by atoms with Gasteiger partial charge in [0.25, 0.3) is 5.91 Å². The molecule has 4 heteroatoms. The molecule has 1 aromatic heterocycles. The quantitative estimate of drug-likeness (QED) is 0.891. The van der Waals surface area contributed by atoms with Crippen molar-refractivity contribution in [1.29, 1.82) is 0 Å². The lowest BCUT2D eigenvalue weighted by Gasteiger charge is -2.12. The van der Waals surface area contributed by atoms with E-state index in [1.165, 1.54) is 12.8 Å². The van der Waals surface area contributed by atoms with Crippen LogP contribution in [0.3, 0.4) is 0 Å². The predicted molar refractivity (Wildman–Crippen MR) is 88.3 cm³/mol. The van der Waals surface area contributed by atoms with Gasteiger partial charge in [-0.1, -0.05) is 18.2 Å². The highest BCUT2D eigenvalue weighted by molar-refractivity contribution is 5.95. The first-order valence-electron chi connectivity index (χ1n) is 7.86. The van der Waals surface area contributed by atoms with Gasteiger partial charge in [0.1, 0.15) is 0 Å². The molecule has 3 rings (SSSR count). The standard InChI is InChI=1S/C18H23N3O/c1-12-10-16(18(22)20-11-17(19)14-8-9-14)13(2)21(12)15-6-4-3-5-7-15/h3-7,10,14,17H,8-9,11,19H2,1-2H3,(H,20,22). The zero-order chi connectivity index (χ0) is 15.7. The van der Waals surface area contributed by atoms with Crippen molar-refractivity contribution in [2.24, 2.45) is 11.7 Å². The van der Waals surface area contributed by atoms with Crippen LogP contribution in [0.4, 0.5) is 0 Å². The van der Waals surface area contributed by atoms with Crippen LogP contribution in [0, 0.1) is 19.8 Å². The molecule has 4 nitrogen and oxygen atoms in total. The van der Waals surface area contributed by atoms with Crippen LogP contribution in [0.1, 0.15) is 34.6 Å². The van der Waals surface area contributed by atoms with Crippen LogP contribution in [-0.4, -0.2) is 23.1 Å². The first-order chi connectivity index (χ1) is 10.6. The number of nitrogens with two attached hydrogens (primary N) is 1. The van der Waals surface area contributed by atoms with Gasteiger partial charge in [-0.3, -0.25) is 4.79 Å². The number of para-hydroxylation sites is 1. The number of benzene rings is 1. The van der Waals surface area contributed by atoms with Gasteiger partial charge in [0, 0.05) is 29.7 Å². The number of hydrogen-bond acceptors (Lipinski definition) is 2. The number of rotatable bonds is 5. The normalized spacial score (nSPS) is 15.6. The molecule has 2 aromatic rings. The molecule has 1 aromatic carbocycles. The fourth-order valence-corrected chi connectivity index (χ4v) is 2.96.